The lowest BCUT2D eigenvalue weighted by atomic mass is 9.51. The van der Waals surface area contributed by atoms with Gasteiger partial charge in [-0.1, -0.05) is 38.0 Å². The van der Waals surface area contributed by atoms with E-state index in [0.29, 0.717) is 30.0 Å². The summed E-state index contributed by atoms with van der Waals surface area (Å²) in [6.07, 6.45) is 8.26. The van der Waals surface area contributed by atoms with Gasteiger partial charge in [0.25, 0.3) is 0 Å². The van der Waals surface area contributed by atoms with Crippen molar-refractivity contribution in [3.05, 3.63) is 23.3 Å². The molecule has 0 amide bonds. The van der Waals surface area contributed by atoms with Crippen LogP contribution in [-0.2, 0) is 14.4 Å². The zero-order valence-corrected chi connectivity index (χ0v) is 15.7. The fourth-order valence-electron chi connectivity index (χ4n) is 7.01. The molecule has 0 aromatic rings. The van der Waals surface area contributed by atoms with Crippen LogP contribution in [-0.4, -0.2) is 17.3 Å². The molecule has 0 aromatic heterocycles. The minimum atomic E-state index is -0.321. The van der Waals surface area contributed by atoms with E-state index in [1.807, 2.05) is 0 Å². The van der Waals surface area contributed by atoms with Crippen molar-refractivity contribution in [1.82, 2.24) is 0 Å². The normalized spacial score (nSPS) is 45.9. The van der Waals surface area contributed by atoms with E-state index in [1.165, 1.54) is 5.57 Å². The number of hydrogen-bond acceptors (Lipinski definition) is 3. The highest BCUT2D eigenvalue weighted by Gasteiger charge is 2.59. The molecule has 2 saturated carbocycles. The monoisotopic (exact) mass is 340 g/mol. The average Bonchev–Trinajstić information content (AvgIpc) is 2.79. The molecule has 2 fully saturated rings. The Morgan fingerprint density at radius 1 is 1.24 bits per heavy atom. The molecule has 0 spiro atoms. The van der Waals surface area contributed by atoms with Gasteiger partial charge in [0.2, 0.25) is 11.6 Å². The first-order valence-corrected chi connectivity index (χ1v) is 9.67. The number of hydrogen-bond donors (Lipinski definition) is 0. The van der Waals surface area contributed by atoms with Crippen LogP contribution in [0, 0.1) is 34.5 Å². The lowest BCUT2D eigenvalue weighted by Gasteiger charge is -2.53. The summed E-state index contributed by atoms with van der Waals surface area (Å²) in [4.78, 5) is 36.3. The summed E-state index contributed by atoms with van der Waals surface area (Å²) in [5.41, 5.74) is 2.31. The van der Waals surface area contributed by atoms with Crippen LogP contribution >= 0.6 is 0 Å². The van der Waals surface area contributed by atoms with Gasteiger partial charge in [0.15, 0.2) is 0 Å². The molecule has 3 nitrogen and oxygen atoms in total. The Labute approximate surface area is 149 Å². The Hall–Kier alpha value is -1.51. The molecule has 0 bridgehead atoms. The van der Waals surface area contributed by atoms with Gasteiger partial charge in [-0.05, 0) is 61.9 Å². The second kappa shape index (κ2) is 5.25. The van der Waals surface area contributed by atoms with Crippen molar-refractivity contribution in [2.75, 3.05) is 0 Å². The van der Waals surface area contributed by atoms with Gasteiger partial charge < -0.3 is 0 Å². The molecular formula is C22H28O3. The van der Waals surface area contributed by atoms with Crippen molar-refractivity contribution in [2.24, 2.45) is 34.5 Å². The van der Waals surface area contributed by atoms with Crippen LogP contribution < -0.4 is 0 Å². The third-order valence-electron chi connectivity index (χ3n) is 8.00. The van der Waals surface area contributed by atoms with E-state index in [9.17, 15) is 14.4 Å². The highest BCUT2D eigenvalue weighted by atomic mass is 16.2. The van der Waals surface area contributed by atoms with E-state index >= 15 is 0 Å². The van der Waals surface area contributed by atoms with Gasteiger partial charge in [-0.15, -0.1) is 0 Å². The number of fused-ring (bicyclic) bond motifs is 5. The number of Topliss-reactive ketones (excluding diaryl/α,β-unsaturated/α-hetero) is 2. The van der Waals surface area contributed by atoms with Crippen molar-refractivity contribution < 1.29 is 14.4 Å². The molecule has 4 rings (SSSR count). The van der Waals surface area contributed by atoms with Crippen LogP contribution in [0.25, 0.3) is 0 Å². The number of carbonyl (C=O) groups excluding carboxylic acids is 3. The van der Waals surface area contributed by atoms with Crippen LogP contribution in [0.15, 0.2) is 23.3 Å². The van der Waals surface area contributed by atoms with Crippen molar-refractivity contribution in [3.63, 3.8) is 0 Å². The summed E-state index contributed by atoms with van der Waals surface area (Å²) in [6.45, 7) is 8.45. The summed E-state index contributed by atoms with van der Waals surface area (Å²) >= 11 is 0. The SMILES string of the molecule is CC(=O)[C@H]1C(C)C[C@H]2[C@@H]3CCC4=CC(=O)C(=O)C[C@]4(C)C3=CC[C@]12C. The van der Waals surface area contributed by atoms with Gasteiger partial charge in [-0.3, -0.25) is 14.4 Å². The molecule has 25 heavy (non-hydrogen) atoms. The highest BCUT2D eigenvalue weighted by molar-refractivity contribution is 6.42. The largest absolute Gasteiger partial charge is 0.300 e. The zero-order chi connectivity index (χ0) is 18.1. The molecule has 6 atom stereocenters. The van der Waals surface area contributed by atoms with E-state index in [0.717, 1.165) is 31.3 Å². The second-order valence-corrected chi connectivity index (χ2v) is 9.39. The van der Waals surface area contributed by atoms with Crippen LogP contribution in [0.3, 0.4) is 0 Å². The summed E-state index contributed by atoms with van der Waals surface area (Å²) in [5, 5.41) is 0. The van der Waals surface area contributed by atoms with Crippen molar-refractivity contribution in [3.8, 4) is 0 Å². The minimum absolute atomic E-state index is 0.0471. The van der Waals surface area contributed by atoms with E-state index in [-0.39, 0.29) is 28.3 Å². The van der Waals surface area contributed by atoms with E-state index < -0.39 is 0 Å². The predicted molar refractivity (Wildman–Crippen MR) is 95.8 cm³/mol. The van der Waals surface area contributed by atoms with Crippen LogP contribution in [0.2, 0.25) is 0 Å². The highest BCUT2D eigenvalue weighted by Crippen LogP contribution is 2.65. The predicted octanol–water partition coefficient (Wildman–Crippen LogP) is 4.07. The maximum atomic E-state index is 12.3. The molecule has 134 valence electrons. The van der Waals surface area contributed by atoms with Gasteiger partial charge in [0, 0.05) is 17.8 Å². The lowest BCUT2D eigenvalue weighted by Crippen LogP contribution is -2.46. The Bertz CT molecular complexity index is 742. The lowest BCUT2D eigenvalue weighted by molar-refractivity contribution is -0.135. The second-order valence-electron chi connectivity index (χ2n) is 9.39. The molecular weight excluding hydrogens is 312 g/mol. The molecule has 0 aromatic carbocycles. The first-order chi connectivity index (χ1) is 11.7. The molecule has 0 aliphatic heterocycles. The summed E-state index contributed by atoms with van der Waals surface area (Å²) in [7, 11) is 0. The maximum absolute atomic E-state index is 12.3. The Kier molecular flexibility index (Phi) is 3.55. The quantitative estimate of drug-likeness (QED) is 0.534. The molecule has 0 saturated heterocycles. The van der Waals surface area contributed by atoms with Gasteiger partial charge in [0.1, 0.15) is 5.78 Å². The topological polar surface area (TPSA) is 51.2 Å². The number of allylic oxidation sites excluding steroid dienone is 4. The Balaban J connectivity index is 1.78. The fourth-order valence-corrected chi connectivity index (χ4v) is 7.01. The molecule has 0 N–H and O–H groups in total. The van der Waals surface area contributed by atoms with Crippen molar-refractivity contribution in [2.45, 2.75) is 59.8 Å². The van der Waals surface area contributed by atoms with Crippen LogP contribution in [0.1, 0.15) is 59.8 Å². The smallest absolute Gasteiger partial charge is 0.221 e. The van der Waals surface area contributed by atoms with E-state index in [4.69, 9.17) is 0 Å². The molecule has 3 heteroatoms. The van der Waals surface area contributed by atoms with E-state index in [2.05, 4.69) is 26.8 Å². The summed E-state index contributed by atoms with van der Waals surface area (Å²) in [6, 6.07) is 0. The van der Waals surface area contributed by atoms with Crippen molar-refractivity contribution in [1.29, 1.82) is 0 Å². The number of ketones is 3. The van der Waals surface area contributed by atoms with Crippen LogP contribution in [0.5, 0.6) is 0 Å². The fraction of sp³-hybridized carbons (Fsp3) is 0.682. The molecule has 4 aliphatic carbocycles. The third-order valence-corrected chi connectivity index (χ3v) is 8.00. The summed E-state index contributed by atoms with van der Waals surface area (Å²) < 4.78 is 0. The van der Waals surface area contributed by atoms with Gasteiger partial charge in [-0.25, -0.2) is 0 Å². The van der Waals surface area contributed by atoms with Gasteiger partial charge in [-0.2, -0.15) is 0 Å². The molecule has 4 aliphatic rings. The molecule has 1 unspecified atom stereocenters. The first-order valence-electron chi connectivity index (χ1n) is 9.67. The standard InChI is InChI=1S/C22H28O3/c1-12-9-17-15-6-5-14-10-18(24)19(25)11-22(14,4)16(15)7-8-21(17,3)20(12)13(2)23/h7,10,12,15,17,20H,5-6,8-9,11H2,1-4H3/t12?,15-,17+,20-,21+,22+/m1/s1. The Morgan fingerprint density at radius 3 is 2.64 bits per heavy atom. The minimum Gasteiger partial charge on any atom is -0.300 e. The molecule has 0 radical (unpaired) electrons. The number of rotatable bonds is 1. The number of carbonyl (C=O) groups is 3. The van der Waals surface area contributed by atoms with Crippen LogP contribution in [0.4, 0.5) is 0 Å². The third kappa shape index (κ3) is 2.14. The molecule has 0 heterocycles. The van der Waals surface area contributed by atoms with E-state index in [1.54, 1.807) is 13.0 Å². The average molecular weight is 340 g/mol. The zero-order valence-electron chi connectivity index (χ0n) is 15.7. The maximum Gasteiger partial charge on any atom is 0.221 e. The van der Waals surface area contributed by atoms with Gasteiger partial charge in [0.05, 0.1) is 0 Å². The Morgan fingerprint density at radius 2 is 1.96 bits per heavy atom. The van der Waals surface area contributed by atoms with Crippen molar-refractivity contribution >= 4 is 17.3 Å². The summed E-state index contributed by atoms with van der Waals surface area (Å²) in [5.74, 6) is 1.31. The first kappa shape index (κ1) is 16.9. The van der Waals surface area contributed by atoms with Gasteiger partial charge >= 0.3 is 0 Å².